The smallest absolute Gasteiger partial charge is 0.187 e. The maximum absolute atomic E-state index is 12.5. The van der Waals surface area contributed by atoms with Crippen molar-refractivity contribution >= 4 is 5.78 Å². The molecule has 2 aromatic rings. The second-order valence-corrected chi connectivity index (χ2v) is 4.95. The standard InChI is InChI=1S/C18H15N3O2/c1-4-9-23-15-7-5-14(6-8-15)17(22)16(11-19)18-20-12(2)10-13(3)21-18/h1,5-8,10,16H,9H2,2-3H3. The highest BCUT2D eigenvalue weighted by molar-refractivity contribution is 6.02. The van der Waals surface area contributed by atoms with Crippen molar-refractivity contribution in [2.75, 3.05) is 6.61 Å². The second kappa shape index (κ2) is 7.20. The average Bonchev–Trinajstić information content (AvgIpc) is 2.53. The van der Waals surface area contributed by atoms with Gasteiger partial charge in [0.25, 0.3) is 0 Å². The minimum Gasteiger partial charge on any atom is -0.481 e. The molecule has 0 saturated heterocycles. The lowest BCUT2D eigenvalue weighted by Gasteiger charge is -2.09. The van der Waals surface area contributed by atoms with E-state index in [1.54, 1.807) is 44.2 Å². The molecule has 1 unspecified atom stereocenters. The molecule has 0 spiro atoms. The van der Waals surface area contributed by atoms with E-state index in [1.165, 1.54) is 0 Å². The summed E-state index contributed by atoms with van der Waals surface area (Å²) >= 11 is 0. The number of carbonyl (C=O) groups excluding carboxylic acids is 1. The predicted molar refractivity (Wildman–Crippen MR) is 85.0 cm³/mol. The molecule has 5 heteroatoms. The van der Waals surface area contributed by atoms with Crippen LogP contribution in [-0.4, -0.2) is 22.4 Å². The molecule has 0 N–H and O–H groups in total. The topological polar surface area (TPSA) is 75.9 Å². The van der Waals surface area contributed by atoms with E-state index in [-0.39, 0.29) is 18.2 Å². The molecule has 0 saturated carbocycles. The van der Waals surface area contributed by atoms with Crippen LogP contribution in [0.2, 0.25) is 0 Å². The zero-order chi connectivity index (χ0) is 16.8. The first kappa shape index (κ1) is 16.2. The number of hydrogen-bond acceptors (Lipinski definition) is 5. The maximum atomic E-state index is 12.5. The molecule has 1 heterocycles. The van der Waals surface area contributed by atoms with Crippen LogP contribution in [0.4, 0.5) is 0 Å². The molecule has 0 aliphatic rings. The molecule has 1 aromatic heterocycles. The van der Waals surface area contributed by atoms with E-state index in [0.29, 0.717) is 11.3 Å². The highest BCUT2D eigenvalue weighted by Gasteiger charge is 2.25. The van der Waals surface area contributed by atoms with Gasteiger partial charge in [0, 0.05) is 17.0 Å². The highest BCUT2D eigenvalue weighted by Crippen LogP contribution is 2.20. The molecule has 114 valence electrons. The van der Waals surface area contributed by atoms with Gasteiger partial charge in [0.1, 0.15) is 12.4 Å². The molecule has 1 atom stereocenters. The third-order valence-corrected chi connectivity index (χ3v) is 3.11. The first-order valence-electron chi connectivity index (χ1n) is 6.97. The number of terminal acetylenes is 1. The molecule has 0 radical (unpaired) electrons. The fraction of sp³-hybridized carbons (Fsp3) is 0.222. The van der Waals surface area contributed by atoms with Gasteiger partial charge in [0.05, 0.1) is 6.07 Å². The number of carbonyl (C=O) groups is 1. The van der Waals surface area contributed by atoms with E-state index >= 15 is 0 Å². The number of nitrogens with zero attached hydrogens (tertiary/aromatic N) is 3. The fourth-order valence-electron chi connectivity index (χ4n) is 2.12. The van der Waals surface area contributed by atoms with E-state index in [4.69, 9.17) is 11.2 Å². The molecule has 2 rings (SSSR count). The van der Waals surface area contributed by atoms with Crippen LogP contribution < -0.4 is 4.74 Å². The molecule has 0 aliphatic carbocycles. The van der Waals surface area contributed by atoms with Gasteiger partial charge in [-0.15, -0.1) is 6.42 Å². The van der Waals surface area contributed by atoms with Crippen LogP contribution in [0.1, 0.15) is 33.5 Å². The Kier molecular flexibility index (Phi) is 5.07. The number of ketones is 1. The molecular formula is C18H15N3O2. The van der Waals surface area contributed by atoms with Crippen LogP contribution >= 0.6 is 0 Å². The summed E-state index contributed by atoms with van der Waals surface area (Å²) < 4.78 is 5.26. The van der Waals surface area contributed by atoms with Gasteiger partial charge in [-0.3, -0.25) is 4.79 Å². The Bertz CT molecular complexity index is 778. The number of aryl methyl sites for hydroxylation is 2. The summed E-state index contributed by atoms with van der Waals surface area (Å²) in [6, 6.07) is 10.3. The van der Waals surface area contributed by atoms with Crippen molar-refractivity contribution in [1.82, 2.24) is 9.97 Å². The van der Waals surface area contributed by atoms with Crippen LogP contribution in [0.25, 0.3) is 0 Å². The summed E-state index contributed by atoms with van der Waals surface area (Å²) in [6.45, 7) is 3.76. The number of rotatable bonds is 5. The average molecular weight is 305 g/mol. The Morgan fingerprint density at radius 2 is 1.87 bits per heavy atom. The van der Waals surface area contributed by atoms with Gasteiger partial charge in [0.15, 0.2) is 17.5 Å². The van der Waals surface area contributed by atoms with E-state index < -0.39 is 5.92 Å². The number of benzene rings is 1. The first-order valence-corrected chi connectivity index (χ1v) is 6.97. The molecule has 0 aliphatic heterocycles. The molecule has 23 heavy (non-hydrogen) atoms. The van der Waals surface area contributed by atoms with E-state index in [9.17, 15) is 10.1 Å². The SMILES string of the molecule is C#CCOc1ccc(C(=O)C(C#N)c2nc(C)cc(C)n2)cc1. The van der Waals surface area contributed by atoms with Gasteiger partial charge in [-0.05, 0) is 44.2 Å². The summed E-state index contributed by atoms with van der Waals surface area (Å²) in [6.07, 6.45) is 5.12. The van der Waals surface area contributed by atoms with Crippen molar-refractivity contribution < 1.29 is 9.53 Å². The fourth-order valence-corrected chi connectivity index (χ4v) is 2.12. The molecule has 0 fully saturated rings. The van der Waals surface area contributed by atoms with Gasteiger partial charge < -0.3 is 4.74 Å². The molecule has 0 bridgehead atoms. The number of nitriles is 1. The number of ether oxygens (including phenoxy) is 1. The number of aromatic nitrogens is 2. The first-order chi connectivity index (χ1) is 11.0. The summed E-state index contributed by atoms with van der Waals surface area (Å²) in [5.74, 6) is 1.77. The third-order valence-electron chi connectivity index (χ3n) is 3.11. The Morgan fingerprint density at radius 3 is 2.39 bits per heavy atom. The summed E-state index contributed by atoms with van der Waals surface area (Å²) in [7, 11) is 0. The van der Waals surface area contributed by atoms with Gasteiger partial charge in [-0.25, -0.2) is 9.97 Å². The Morgan fingerprint density at radius 1 is 1.26 bits per heavy atom. The van der Waals surface area contributed by atoms with Crippen molar-refractivity contribution in [2.24, 2.45) is 0 Å². The second-order valence-electron chi connectivity index (χ2n) is 4.95. The lowest BCUT2D eigenvalue weighted by Crippen LogP contribution is -2.15. The van der Waals surface area contributed by atoms with Crippen molar-refractivity contribution in [1.29, 1.82) is 5.26 Å². The van der Waals surface area contributed by atoms with Crippen LogP contribution in [-0.2, 0) is 0 Å². The van der Waals surface area contributed by atoms with E-state index in [2.05, 4.69) is 15.9 Å². The normalized spacial score (nSPS) is 11.1. The lowest BCUT2D eigenvalue weighted by molar-refractivity contribution is 0.0976. The molecule has 5 nitrogen and oxygen atoms in total. The van der Waals surface area contributed by atoms with Crippen molar-refractivity contribution in [3.8, 4) is 24.2 Å². The highest BCUT2D eigenvalue weighted by atomic mass is 16.5. The van der Waals surface area contributed by atoms with Crippen LogP contribution in [0.3, 0.4) is 0 Å². The predicted octanol–water partition coefficient (Wildman–Crippen LogP) is 2.60. The van der Waals surface area contributed by atoms with Crippen molar-refractivity contribution in [3.05, 3.63) is 53.1 Å². The Hall–Kier alpha value is -3.18. The summed E-state index contributed by atoms with van der Waals surface area (Å²) in [5, 5.41) is 9.37. The van der Waals surface area contributed by atoms with Gasteiger partial charge >= 0.3 is 0 Å². The van der Waals surface area contributed by atoms with Gasteiger partial charge in [-0.2, -0.15) is 5.26 Å². The summed E-state index contributed by atoms with van der Waals surface area (Å²) in [4.78, 5) is 21.0. The minimum absolute atomic E-state index is 0.157. The number of Topliss-reactive ketones (excluding diaryl/α,β-unsaturated/α-hetero) is 1. The quantitative estimate of drug-likeness (QED) is 0.627. The Balaban J connectivity index is 2.26. The molecular weight excluding hydrogens is 290 g/mol. The van der Waals surface area contributed by atoms with Gasteiger partial charge in [-0.1, -0.05) is 5.92 Å². The van der Waals surface area contributed by atoms with Crippen molar-refractivity contribution in [2.45, 2.75) is 19.8 Å². The lowest BCUT2D eigenvalue weighted by atomic mass is 9.98. The zero-order valence-electron chi connectivity index (χ0n) is 12.9. The van der Waals surface area contributed by atoms with Crippen LogP contribution in [0.5, 0.6) is 5.75 Å². The minimum atomic E-state index is -1.04. The monoisotopic (exact) mass is 305 g/mol. The van der Waals surface area contributed by atoms with E-state index in [0.717, 1.165) is 11.4 Å². The number of hydrogen-bond donors (Lipinski definition) is 0. The summed E-state index contributed by atoms with van der Waals surface area (Å²) in [5.41, 5.74) is 1.84. The largest absolute Gasteiger partial charge is 0.481 e. The maximum Gasteiger partial charge on any atom is 0.187 e. The van der Waals surface area contributed by atoms with E-state index in [1.807, 2.05) is 6.07 Å². The van der Waals surface area contributed by atoms with Crippen LogP contribution in [0.15, 0.2) is 30.3 Å². The molecule has 0 amide bonds. The Labute approximate surface area is 135 Å². The molecule has 1 aromatic carbocycles. The zero-order valence-corrected chi connectivity index (χ0v) is 12.9. The van der Waals surface area contributed by atoms with Gasteiger partial charge in [0.2, 0.25) is 0 Å². The van der Waals surface area contributed by atoms with Crippen molar-refractivity contribution in [3.63, 3.8) is 0 Å². The van der Waals surface area contributed by atoms with Crippen LogP contribution in [0, 0.1) is 37.5 Å². The third kappa shape index (κ3) is 3.93.